The summed E-state index contributed by atoms with van der Waals surface area (Å²) in [6.07, 6.45) is 1.58. The van der Waals surface area contributed by atoms with Gasteiger partial charge in [0.2, 0.25) is 5.95 Å². The zero-order valence-electron chi connectivity index (χ0n) is 17.7. The summed E-state index contributed by atoms with van der Waals surface area (Å²) >= 11 is 7.37. The van der Waals surface area contributed by atoms with Gasteiger partial charge >= 0.3 is 6.03 Å². The van der Waals surface area contributed by atoms with E-state index in [2.05, 4.69) is 41.5 Å². The van der Waals surface area contributed by atoms with Gasteiger partial charge in [-0.1, -0.05) is 22.9 Å². The summed E-state index contributed by atoms with van der Waals surface area (Å²) in [5, 5.41) is 15.7. The van der Waals surface area contributed by atoms with Crippen molar-refractivity contribution < 1.29 is 4.79 Å². The number of nitrogens with two attached hydrogens (primary N) is 1. The third kappa shape index (κ3) is 5.46. The van der Waals surface area contributed by atoms with Crippen LogP contribution in [0, 0.1) is 11.3 Å². The van der Waals surface area contributed by atoms with Crippen LogP contribution in [0.5, 0.6) is 0 Å². The molecule has 3 aromatic rings. The number of hydrogen-bond acceptors (Lipinski definition) is 10. The lowest BCUT2D eigenvalue weighted by Gasteiger charge is -2.34. The molecule has 3 aromatic heterocycles. The maximum atomic E-state index is 11.8. The van der Waals surface area contributed by atoms with Gasteiger partial charge < -0.3 is 21.3 Å². The van der Waals surface area contributed by atoms with E-state index < -0.39 is 0 Å². The number of urea groups is 1. The first-order valence-electron chi connectivity index (χ1n) is 10.1. The van der Waals surface area contributed by atoms with E-state index in [4.69, 9.17) is 17.3 Å². The van der Waals surface area contributed by atoms with Gasteiger partial charge in [-0.3, -0.25) is 4.90 Å². The number of carbonyl (C=O) groups excluding carboxylic acids is 1. The van der Waals surface area contributed by atoms with E-state index in [9.17, 15) is 10.1 Å². The van der Waals surface area contributed by atoms with Gasteiger partial charge in [-0.05, 0) is 18.2 Å². The van der Waals surface area contributed by atoms with Crippen molar-refractivity contribution in [3.05, 3.63) is 40.1 Å². The van der Waals surface area contributed by atoms with Gasteiger partial charge in [0.1, 0.15) is 21.8 Å². The number of rotatable bonds is 5. The molecule has 1 saturated heterocycles. The number of piperazine rings is 1. The van der Waals surface area contributed by atoms with E-state index in [1.165, 1.54) is 0 Å². The second kappa shape index (κ2) is 9.95. The van der Waals surface area contributed by atoms with E-state index in [1.54, 1.807) is 30.3 Å². The fourth-order valence-electron chi connectivity index (χ4n) is 3.47. The molecule has 0 radical (unpaired) electrons. The van der Waals surface area contributed by atoms with Crippen LogP contribution in [0.3, 0.4) is 0 Å². The zero-order valence-corrected chi connectivity index (χ0v) is 19.3. The first-order valence-corrected chi connectivity index (χ1v) is 11.3. The summed E-state index contributed by atoms with van der Waals surface area (Å²) in [5.74, 6) is 0.329. The largest absolute Gasteiger partial charge is 0.375 e. The van der Waals surface area contributed by atoms with Crippen molar-refractivity contribution >= 4 is 45.7 Å². The molecule has 0 unspecified atom stereocenters. The smallest absolute Gasteiger partial charge is 0.317 e. The summed E-state index contributed by atoms with van der Waals surface area (Å²) in [6, 6.07) is 7.27. The molecule has 2 amide bonds. The summed E-state index contributed by atoms with van der Waals surface area (Å²) in [4.78, 5) is 33.5. The molecule has 13 heteroatoms. The van der Waals surface area contributed by atoms with E-state index in [-0.39, 0.29) is 6.03 Å². The van der Waals surface area contributed by atoms with Crippen LogP contribution >= 0.6 is 22.9 Å². The summed E-state index contributed by atoms with van der Waals surface area (Å²) in [5.41, 5.74) is 8.13. The fraction of sp³-hybridized carbons (Fsp3) is 0.300. The Morgan fingerprint density at radius 1 is 1.27 bits per heavy atom. The predicted octanol–water partition coefficient (Wildman–Crippen LogP) is 2.30. The first kappa shape index (κ1) is 22.7. The number of nitrogen functional groups attached to an aromatic ring is 1. The van der Waals surface area contributed by atoms with Crippen LogP contribution in [0.4, 0.5) is 21.6 Å². The van der Waals surface area contributed by atoms with Gasteiger partial charge in [-0.2, -0.15) is 5.26 Å². The summed E-state index contributed by atoms with van der Waals surface area (Å²) < 4.78 is 0. The van der Waals surface area contributed by atoms with Gasteiger partial charge in [0.15, 0.2) is 5.13 Å². The molecule has 1 aliphatic rings. The molecule has 4 heterocycles. The molecule has 0 bridgehead atoms. The number of thiazole rings is 1. The lowest BCUT2D eigenvalue weighted by atomic mass is 10.2. The van der Waals surface area contributed by atoms with Crippen LogP contribution in [0.25, 0.3) is 11.4 Å². The first-order chi connectivity index (χ1) is 15.9. The highest BCUT2D eigenvalue weighted by Crippen LogP contribution is 2.28. The van der Waals surface area contributed by atoms with Crippen LogP contribution in [0.15, 0.2) is 24.4 Å². The molecule has 0 spiro atoms. The normalized spacial score (nSPS) is 14.0. The van der Waals surface area contributed by atoms with E-state index in [0.29, 0.717) is 57.8 Å². The monoisotopic (exact) mass is 484 g/mol. The lowest BCUT2D eigenvalue weighted by Crippen LogP contribution is -2.50. The van der Waals surface area contributed by atoms with E-state index in [0.717, 1.165) is 30.1 Å². The highest BCUT2D eigenvalue weighted by molar-refractivity contribution is 7.16. The topological polar surface area (TPSA) is 149 Å². The Hall–Kier alpha value is -3.53. The predicted molar refractivity (Wildman–Crippen MR) is 126 cm³/mol. The van der Waals surface area contributed by atoms with Crippen molar-refractivity contribution in [2.75, 3.05) is 44.3 Å². The van der Waals surface area contributed by atoms with Crippen LogP contribution in [0.2, 0.25) is 5.15 Å². The Morgan fingerprint density at radius 2 is 2.06 bits per heavy atom. The third-order valence-electron chi connectivity index (χ3n) is 5.01. The Labute approximate surface area is 199 Å². The third-order valence-corrected chi connectivity index (χ3v) is 5.99. The van der Waals surface area contributed by atoms with Gasteiger partial charge in [-0.15, -0.1) is 0 Å². The zero-order chi connectivity index (χ0) is 23.4. The maximum Gasteiger partial charge on any atom is 0.317 e. The number of nitrogens with zero attached hydrogens (tertiary/aromatic N) is 7. The summed E-state index contributed by atoms with van der Waals surface area (Å²) in [7, 11) is 1.63. The Morgan fingerprint density at radius 3 is 2.79 bits per heavy atom. The highest BCUT2D eigenvalue weighted by Gasteiger charge is 2.21. The van der Waals surface area contributed by atoms with E-state index in [1.807, 2.05) is 6.07 Å². The van der Waals surface area contributed by atoms with Crippen LogP contribution in [-0.4, -0.2) is 69.0 Å². The Kier molecular flexibility index (Phi) is 6.83. The number of aromatic nitrogens is 4. The second-order valence-corrected chi connectivity index (χ2v) is 8.64. The van der Waals surface area contributed by atoms with Crippen molar-refractivity contribution in [1.29, 1.82) is 5.26 Å². The average Bonchev–Trinajstić information content (AvgIpc) is 3.19. The fourth-order valence-corrected chi connectivity index (χ4v) is 4.33. The number of pyridine rings is 1. The highest BCUT2D eigenvalue weighted by atomic mass is 35.5. The molecule has 4 rings (SSSR count). The maximum absolute atomic E-state index is 11.8. The molecule has 0 saturated carbocycles. The van der Waals surface area contributed by atoms with Crippen molar-refractivity contribution in [1.82, 2.24) is 35.1 Å². The van der Waals surface area contributed by atoms with Gasteiger partial charge in [0, 0.05) is 51.7 Å². The van der Waals surface area contributed by atoms with Crippen LogP contribution in [-0.2, 0) is 6.54 Å². The number of hydrogen-bond donors (Lipinski definition) is 3. The number of carbonyl (C=O) groups is 1. The van der Waals surface area contributed by atoms with Crippen molar-refractivity contribution in [2.45, 2.75) is 6.54 Å². The lowest BCUT2D eigenvalue weighted by molar-refractivity contribution is 0.135. The molecule has 33 heavy (non-hydrogen) atoms. The molecule has 0 aromatic carbocycles. The number of anilines is 3. The molecule has 1 aliphatic heterocycles. The minimum atomic E-state index is -0.0634. The van der Waals surface area contributed by atoms with Crippen molar-refractivity contribution in [3.8, 4) is 17.5 Å². The Bertz CT molecular complexity index is 1200. The number of nitrogens with one attached hydrogen (secondary N) is 2. The number of nitriles is 1. The molecule has 11 nitrogen and oxygen atoms in total. The quantitative estimate of drug-likeness (QED) is 0.463. The molecule has 1 fully saturated rings. The van der Waals surface area contributed by atoms with Crippen LogP contribution in [0.1, 0.15) is 10.6 Å². The van der Waals surface area contributed by atoms with E-state index >= 15 is 0 Å². The average molecular weight is 485 g/mol. The molecular formula is C20H21ClN10OS. The minimum absolute atomic E-state index is 0.0634. The second-order valence-electron chi connectivity index (χ2n) is 7.22. The Balaban J connectivity index is 1.47. The molecule has 4 N–H and O–H groups in total. The molecule has 170 valence electrons. The molecule has 0 aliphatic carbocycles. The molecule has 0 atom stereocenters. The summed E-state index contributed by atoms with van der Waals surface area (Å²) in [6.45, 7) is 3.39. The van der Waals surface area contributed by atoms with Crippen LogP contribution < -0.4 is 16.4 Å². The van der Waals surface area contributed by atoms with Crippen molar-refractivity contribution in [3.63, 3.8) is 0 Å². The molecular weight excluding hydrogens is 464 g/mol. The number of amides is 2. The van der Waals surface area contributed by atoms with Gasteiger partial charge in [0.25, 0.3) is 0 Å². The van der Waals surface area contributed by atoms with Gasteiger partial charge in [0.05, 0.1) is 11.4 Å². The van der Waals surface area contributed by atoms with Crippen molar-refractivity contribution in [2.24, 2.45) is 0 Å². The standard InChI is InChI=1S/C20H21ClN10OS/c1-24-20(32)31-6-4-30(5-7-31)11-13-8-12(9-16(21)26-13)27-19-25-3-2-14(28-19)17-15(10-22)33-18(23)29-17/h2-3,8-9H,4-7,11H2,1H3,(H2,23,29)(H,24,32)(H,25,26,27,28). The SMILES string of the molecule is CNC(=O)N1CCN(Cc2cc(Nc3nccc(-c4nc(N)sc4C#N)n3)cc(Cl)n2)CC1. The van der Waals surface area contributed by atoms with Gasteiger partial charge in [-0.25, -0.2) is 24.7 Å². The number of halogens is 1. The minimum Gasteiger partial charge on any atom is -0.375 e.